The molecule has 0 atom stereocenters. The van der Waals surface area contributed by atoms with Crippen LogP contribution in [-0.4, -0.2) is 36.5 Å². The number of carbonyl (C=O) groups excluding carboxylic acids is 1. The Morgan fingerprint density at radius 2 is 1.90 bits per heavy atom. The van der Waals surface area contributed by atoms with Crippen molar-refractivity contribution in [2.75, 3.05) is 30.3 Å². The molecule has 0 radical (unpaired) electrons. The number of carbonyl (C=O) groups is 1. The van der Waals surface area contributed by atoms with Crippen molar-refractivity contribution >= 4 is 28.3 Å². The third-order valence-electron chi connectivity index (χ3n) is 6.37. The monoisotopic (exact) mass is 417 g/mol. The second-order valence-corrected chi connectivity index (χ2v) is 8.52. The van der Waals surface area contributed by atoms with Crippen LogP contribution in [0.3, 0.4) is 0 Å². The highest BCUT2D eigenvalue weighted by Gasteiger charge is 2.22. The summed E-state index contributed by atoms with van der Waals surface area (Å²) in [7, 11) is 0. The molecule has 6 nitrogen and oxygen atoms in total. The first kappa shape index (κ1) is 19.8. The maximum atomic E-state index is 11.9. The van der Waals surface area contributed by atoms with Gasteiger partial charge in [-0.05, 0) is 55.5 Å². The third-order valence-corrected chi connectivity index (χ3v) is 6.37. The Balaban J connectivity index is 1.13. The van der Waals surface area contributed by atoms with E-state index in [2.05, 4.69) is 27.7 Å². The molecule has 160 valence electrons. The molecule has 0 unspecified atom stereocenters. The summed E-state index contributed by atoms with van der Waals surface area (Å²) in [5, 5.41) is 7.53. The molecule has 1 fully saturated rings. The van der Waals surface area contributed by atoms with Crippen molar-refractivity contribution in [2.45, 2.75) is 38.1 Å². The van der Waals surface area contributed by atoms with E-state index in [1.54, 1.807) is 6.07 Å². The summed E-state index contributed by atoms with van der Waals surface area (Å²) >= 11 is 0. The van der Waals surface area contributed by atoms with Gasteiger partial charge in [0.15, 0.2) is 0 Å². The number of rotatable bonds is 6. The first-order chi connectivity index (χ1) is 15.2. The highest BCUT2D eigenvalue weighted by molar-refractivity contribution is 6.00. The Kier molecular flexibility index (Phi) is 5.47. The predicted octanol–water partition coefficient (Wildman–Crippen LogP) is 3.80. The number of amides is 1. The number of fused-ring (bicyclic) bond motifs is 2. The number of nitrogens with zero attached hydrogens (tertiary/aromatic N) is 1. The first-order valence-electron chi connectivity index (χ1n) is 11.1. The molecule has 1 saturated heterocycles. The molecular weight excluding hydrogens is 390 g/mol. The molecule has 0 bridgehead atoms. The number of aryl methyl sites for hydroxylation is 1. The molecule has 1 amide bonds. The molecule has 0 spiro atoms. The number of anilines is 2. The van der Waals surface area contributed by atoms with Gasteiger partial charge in [-0.2, -0.15) is 0 Å². The lowest BCUT2D eigenvalue weighted by molar-refractivity contribution is -0.115. The predicted molar refractivity (Wildman–Crippen MR) is 123 cm³/mol. The fraction of sp³-hybridized carbons (Fsp3) is 0.360. The minimum atomic E-state index is -0.317. The van der Waals surface area contributed by atoms with E-state index < -0.39 is 0 Å². The van der Waals surface area contributed by atoms with E-state index in [0.29, 0.717) is 18.0 Å². The molecule has 5 rings (SSSR count). The van der Waals surface area contributed by atoms with E-state index in [9.17, 15) is 9.59 Å². The van der Waals surface area contributed by atoms with Gasteiger partial charge >= 0.3 is 5.63 Å². The number of benzene rings is 2. The van der Waals surface area contributed by atoms with Crippen LogP contribution in [0, 0.1) is 0 Å². The van der Waals surface area contributed by atoms with Crippen LogP contribution in [0.2, 0.25) is 0 Å². The molecule has 6 heteroatoms. The van der Waals surface area contributed by atoms with E-state index in [1.807, 2.05) is 30.3 Å². The van der Waals surface area contributed by atoms with Gasteiger partial charge in [-0.15, -0.1) is 0 Å². The summed E-state index contributed by atoms with van der Waals surface area (Å²) in [5.74, 6) is 0.0981. The van der Waals surface area contributed by atoms with Crippen molar-refractivity contribution in [3.8, 4) is 0 Å². The normalized spacial score (nSPS) is 17.0. The van der Waals surface area contributed by atoms with Crippen LogP contribution < -0.4 is 16.3 Å². The summed E-state index contributed by atoms with van der Waals surface area (Å²) in [6, 6.07) is 15.8. The van der Waals surface area contributed by atoms with Gasteiger partial charge in [0.25, 0.3) is 0 Å². The van der Waals surface area contributed by atoms with Crippen LogP contribution in [-0.2, 0) is 17.6 Å². The van der Waals surface area contributed by atoms with E-state index in [-0.39, 0.29) is 11.5 Å². The minimum absolute atomic E-state index is 0.0981. The number of piperidine rings is 1. The highest BCUT2D eigenvalue weighted by atomic mass is 16.4. The molecule has 2 aliphatic heterocycles. The lowest BCUT2D eigenvalue weighted by Crippen LogP contribution is -2.39. The molecule has 31 heavy (non-hydrogen) atoms. The lowest BCUT2D eigenvalue weighted by atomic mass is 10.0. The van der Waals surface area contributed by atoms with Crippen LogP contribution in [0.15, 0.2) is 57.7 Å². The van der Waals surface area contributed by atoms with Crippen LogP contribution in [0.25, 0.3) is 11.0 Å². The third kappa shape index (κ3) is 4.35. The highest BCUT2D eigenvalue weighted by Crippen LogP contribution is 2.28. The molecule has 3 heterocycles. The quantitative estimate of drug-likeness (QED) is 0.597. The Labute approximate surface area is 181 Å². The zero-order valence-electron chi connectivity index (χ0n) is 17.5. The molecule has 3 aromatic rings. The summed E-state index contributed by atoms with van der Waals surface area (Å²) in [4.78, 5) is 26.1. The molecule has 0 aliphatic carbocycles. The zero-order valence-corrected chi connectivity index (χ0v) is 17.5. The second kappa shape index (κ2) is 8.55. The van der Waals surface area contributed by atoms with Crippen molar-refractivity contribution in [3.05, 3.63) is 70.1 Å². The summed E-state index contributed by atoms with van der Waals surface area (Å²) in [6.07, 6.45) is 4.65. The van der Waals surface area contributed by atoms with Crippen LogP contribution in [0.5, 0.6) is 0 Å². The zero-order chi connectivity index (χ0) is 21.2. The largest absolute Gasteiger partial charge is 0.423 e. The molecule has 2 aromatic carbocycles. The minimum Gasteiger partial charge on any atom is -0.423 e. The van der Waals surface area contributed by atoms with Gasteiger partial charge < -0.3 is 20.0 Å². The molecule has 1 aromatic heterocycles. The van der Waals surface area contributed by atoms with Gasteiger partial charge in [-0.25, -0.2) is 4.79 Å². The SMILES string of the molecule is O=C1Cc2cccc(CCCN3CCC(Nc4cc(=O)oc5ccccc45)CC3)c2N1. The van der Waals surface area contributed by atoms with Gasteiger partial charge in [-0.3, -0.25) is 4.79 Å². The maximum Gasteiger partial charge on any atom is 0.338 e. The number of hydrogen-bond acceptors (Lipinski definition) is 5. The molecule has 2 N–H and O–H groups in total. The first-order valence-corrected chi connectivity index (χ1v) is 11.1. The average molecular weight is 418 g/mol. The Morgan fingerprint density at radius 1 is 1.06 bits per heavy atom. The Bertz CT molecular complexity index is 1160. The average Bonchev–Trinajstić information content (AvgIpc) is 3.16. The van der Waals surface area contributed by atoms with Gasteiger partial charge in [0.1, 0.15) is 5.58 Å². The number of nitrogens with one attached hydrogen (secondary N) is 2. The number of hydrogen-bond donors (Lipinski definition) is 2. The second-order valence-electron chi connectivity index (χ2n) is 8.52. The van der Waals surface area contributed by atoms with Crippen molar-refractivity contribution in [2.24, 2.45) is 0 Å². The number of para-hydroxylation sites is 2. The van der Waals surface area contributed by atoms with Crippen molar-refractivity contribution in [1.29, 1.82) is 0 Å². The van der Waals surface area contributed by atoms with Crippen molar-refractivity contribution in [3.63, 3.8) is 0 Å². The molecule has 0 saturated carbocycles. The van der Waals surface area contributed by atoms with Gasteiger partial charge in [0.05, 0.1) is 12.1 Å². The summed E-state index contributed by atoms with van der Waals surface area (Å²) in [6.45, 7) is 3.14. The fourth-order valence-corrected chi connectivity index (χ4v) is 4.77. The summed E-state index contributed by atoms with van der Waals surface area (Å²) < 4.78 is 5.30. The maximum absolute atomic E-state index is 11.9. The van der Waals surface area contributed by atoms with Crippen LogP contribution in [0.4, 0.5) is 11.4 Å². The van der Waals surface area contributed by atoms with E-state index in [4.69, 9.17) is 4.42 Å². The van der Waals surface area contributed by atoms with Crippen LogP contribution >= 0.6 is 0 Å². The van der Waals surface area contributed by atoms with Gasteiger partial charge in [-0.1, -0.05) is 30.3 Å². The van der Waals surface area contributed by atoms with Gasteiger partial charge in [0, 0.05) is 36.3 Å². The molecular formula is C25H27N3O3. The van der Waals surface area contributed by atoms with E-state index >= 15 is 0 Å². The lowest BCUT2D eigenvalue weighted by Gasteiger charge is -2.33. The Morgan fingerprint density at radius 3 is 2.77 bits per heavy atom. The summed E-state index contributed by atoms with van der Waals surface area (Å²) in [5.41, 5.74) is 4.58. The van der Waals surface area contributed by atoms with Crippen LogP contribution in [0.1, 0.15) is 30.4 Å². The topological polar surface area (TPSA) is 74.6 Å². The fourth-order valence-electron chi connectivity index (χ4n) is 4.77. The number of likely N-dealkylation sites (tertiary alicyclic amines) is 1. The van der Waals surface area contributed by atoms with E-state index in [0.717, 1.165) is 67.6 Å². The molecule has 2 aliphatic rings. The van der Waals surface area contributed by atoms with Crippen molar-refractivity contribution in [1.82, 2.24) is 4.90 Å². The Hall–Kier alpha value is -3.12. The van der Waals surface area contributed by atoms with Gasteiger partial charge in [0.2, 0.25) is 5.91 Å². The van der Waals surface area contributed by atoms with E-state index in [1.165, 1.54) is 5.56 Å². The smallest absolute Gasteiger partial charge is 0.338 e. The standard InChI is InChI=1S/C25H27N3O3/c29-23-15-18-6-3-5-17(25(18)27-23)7-4-12-28-13-10-19(11-14-28)26-21-16-24(30)31-22-9-2-1-8-20(21)22/h1-3,5-6,8-9,16,19,26H,4,7,10-15H2,(H,27,29). The van der Waals surface area contributed by atoms with Crippen molar-refractivity contribution < 1.29 is 9.21 Å².